The topological polar surface area (TPSA) is 26.0 Å². The summed E-state index contributed by atoms with van der Waals surface area (Å²) < 4.78 is 0. The summed E-state index contributed by atoms with van der Waals surface area (Å²) in [6, 6.07) is 0. The van der Waals surface area contributed by atoms with Crippen molar-refractivity contribution in [1.82, 2.24) is 0 Å². The second-order valence-electron chi connectivity index (χ2n) is 2.57. The zero-order valence-corrected chi connectivity index (χ0v) is 6.65. The molecule has 1 nitrogen and oxygen atoms in total. The summed E-state index contributed by atoms with van der Waals surface area (Å²) in [5.74, 6) is 0. The standard InChI is InChI=1S/C8H15N/c1-6(2)7(3)5-8(4)9/h5H,9H2,1-4H3/b8-5+. The largest absolute Gasteiger partial charge is 0.402 e. The van der Waals surface area contributed by atoms with Crippen LogP contribution in [0.1, 0.15) is 27.7 Å². The lowest BCUT2D eigenvalue weighted by atomic mass is 10.1. The molecule has 0 spiro atoms. The highest BCUT2D eigenvalue weighted by atomic mass is 14.5. The van der Waals surface area contributed by atoms with Gasteiger partial charge in [-0.3, -0.25) is 0 Å². The highest BCUT2D eigenvalue weighted by Gasteiger charge is 1.84. The van der Waals surface area contributed by atoms with Crippen molar-refractivity contribution in [1.29, 1.82) is 0 Å². The van der Waals surface area contributed by atoms with Crippen LogP contribution in [0.25, 0.3) is 0 Å². The van der Waals surface area contributed by atoms with Gasteiger partial charge >= 0.3 is 0 Å². The van der Waals surface area contributed by atoms with E-state index in [1.54, 1.807) is 0 Å². The van der Waals surface area contributed by atoms with E-state index in [1.165, 1.54) is 11.1 Å². The van der Waals surface area contributed by atoms with Crippen LogP contribution in [0.5, 0.6) is 0 Å². The third-order valence-electron chi connectivity index (χ3n) is 1.23. The maximum absolute atomic E-state index is 5.46. The fraction of sp³-hybridized carbons (Fsp3) is 0.500. The van der Waals surface area contributed by atoms with Crippen molar-refractivity contribution in [3.05, 3.63) is 22.9 Å². The molecular weight excluding hydrogens is 110 g/mol. The summed E-state index contributed by atoms with van der Waals surface area (Å²) in [6.45, 7) is 8.11. The number of allylic oxidation sites excluding steroid dienone is 4. The minimum atomic E-state index is 0.869. The van der Waals surface area contributed by atoms with Gasteiger partial charge in [-0.25, -0.2) is 0 Å². The first-order valence-electron chi connectivity index (χ1n) is 3.12. The Hall–Kier alpha value is -0.720. The average molecular weight is 125 g/mol. The van der Waals surface area contributed by atoms with Gasteiger partial charge < -0.3 is 5.73 Å². The Morgan fingerprint density at radius 2 is 1.56 bits per heavy atom. The Bertz CT molecular complexity index is 144. The third-order valence-corrected chi connectivity index (χ3v) is 1.23. The van der Waals surface area contributed by atoms with Crippen LogP contribution in [-0.2, 0) is 0 Å². The van der Waals surface area contributed by atoms with Gasteiger partial charge in [0, 0.05) is 5.70 Å². The second kappa shape index (κ2) is 3.33. The minimum Gasteiger partial charge on any atom is -0.402 e. The van der Waals surface area contributed by atoms with Crippen molar-refractivity contribution in [3.8, 4) is 0 Å². The summed E-state index contributed by atoms with van der Waals surface area (Å²) in [5.41, 5.74) is 8.91. The van der Waals surface area contributed by atoms with Crippen molar-refractivity contribution in [2.45, 2.75) is 27.7 Å². The van der Waals surface area contributed by atoms with Crippen LogP contribution in [0, 0.1) is 0 Å². The smallest absolute Gasteiger partial charge is 0.00515 e. The molecule has 0 unspecified atom stereocenters. The molecule has 0 rings (SSSR count). The molecule has 1 heteroatoms. The predicted molar refractivity (Wildman–Crippen MR) is 42.0 cm³/mol. The Balaban J connectivity index is 4.25. The van der Waals surface area contributed by atoms with E-state index < -0.39 is 0 Å². The number of nitrogens with two attached hydrogens (primary N) is 1. The number of hydrogen-bond donors (Lipinski definition) is 1. The predicted octanol–water partition coefficient (Wildman–Crippen LogP) is 2.21. The molecule has 0 heterocycles. The van der Waals surface area contributed by atoms with Crippen LogP contribution in [-0.4, -0.2) is 0 Å². The van der Waals surface area contributed by atoms with Gasteiger partial charge in [-0.1, -0.05) is 11.1 Å². The highest BCUT2D eigenvalue weighted by Crippen LogP contribution is 2.03. The molecule has 0 fully saturated rings. The first kappa shape index (κ1) is 8.28. The molecule has 0 atom stereocenters. The van der Waals surface area contributed by atoms with E-state index in [2.05, 4.69) is 20.8 Å². The molecule has 9 heavy (non-hydrogen) atoms. The molecule has 0 aliphatic carbocycles. The lowest BCUT2D eigenvalue weighted by molar-refractivity contribution is 1.24. The van der Waals surface area contributed by atoms with Gasteiger partial charge in [0.25, 0.3) is 0 Å². The molecule has 0 bridgehead atoms. The quantitative estimate of drug-likeness (QED) is 0.534. The van der Waals surface area contributed by atoms with Gasteiger partial charge in [0.1, 0.15) is 0 Å². The van der Waals surface area contributed by atoms with Gasteiger partial charge in [-0.15, -0.1) is 0 Å². The highest BCUT2D eigenvalue weighted by molar-refractivity contribution is 5.23. The fourth-order valence-corrected chi connectivity index (χ4v) is 0.486. The Kier molecular flexibility index (Phi) is 3.07. The maximum atomic E-state index is 5.46. The lowest BCUT2D eigenvalue weighted by Gasteiger charge is -1.95. The van der Waals surface area contributed by atoms with E-state index in [1.807, 2.05) is 13.0 Å². The maximum Gasteiger partial charge on any atom is 0.00515 e. The first-order valence-corrected chi connectivity index (χ1v) is 3.12. The zero-order chi connectivity index (χ0) is 7.44. The van der Waals surface area contributed by atoms with Crippen molar-refractivity contribution in [3.63, 3.8) is 0 Å². The average Bonchev–Trinajstić information content (AvgIpc) is 1.63. The summed E-state index contributed by atoms with van der Waals surface area (Å²) in [4.78, 5) is 0. The molecule has 2 N–H and O–H groups in total. The van der Waals surface area contributed by atoms with E-state index in [0.717, 1.165) is 5.70 Å². The normalized spacial score (nSPS) is 11.3. The van der Waals surface area contributed by atoms with Crippen LogP contribution in [0.4, 0.5) is 0 Å². The van der Waals surface area contributed by atoms with Crippen LogP contribution < -0.4 is 5.73 Å². The first-order chi connectivity index (χ1) is 4.04. The van der Waals surface area contributed by atoms with E-state index in [-0.39, 0.29) is 0 Å². The van der Waals surface area contributed by atoms with E-state index in [4.69, 9.17) is 5.73 Å². The van der Waals surface area contributed by atoms with Crippen LogP contribution in [0.15, 0.2) is 22.9 Å². The van der Waals surface area contributed by atoms with Crippen molar-refractivity contribution < 1.29 is 0 Å². The Morgan fingerprint density at radius 3 is 1.67 bits per heavy atom. The van der Waals surface area contributed by atoms with Crippen LogP contribution in [0.3, 0.4) is 0 Å². The monoisotopic (exact) mass is 125 g/mol. The minimum absolute atomic E-state index is 0.869. The molecule has 0 aliphatic heterocycles. The van der Waals surface area contributed by atoms with Crippen LogP contribution >= 0.6 is 0 Å². The molecule has 0 radical (unpaired) electrons. The van der Waals surface area contributed by atoms with Crippen LogP contribution in [0.2, 0.25) is 0 Å². The molecule has 52 valence electrons. The van der Waals surface area contributed by atoms with Crippen molar-refractivity contribution >= 4 is 0 Å². The fourth-order valence-electron chi connectivity index (χ4n) is 0.486. The van der Waals surface area contributed by atoms with Gasteiger partial charge in [0.15, 0.2) is 0 Å². The van der Waals surface area contributed by atoms with Crippen molar-refractivity contribution in [2.75, 3.05) is 0 Å². The molecule has 0 aromatic heterocycles. The summed E-state index contributed by atoms with van der Waals surface area (Å²) >= 11 is 0. The summed E-state index contributed by atoms with van der Waals surface area (Å²) in [6.07, 6.45) is 1.98. The van der Waals surface area contributed by atoms with Gasteiger partial charge in [-0.05, 0) is 33.8 Å². The van der Waals surface area contributed by atoms with Crippen molar-refractivity contribution in [2.24, 2.45) is 5.73 Å². The molecule has 0 saturated heterocycles. The molecule has 0 aromatic rings. The molecule has 0 aromatic carbocycles. The summed E-state index contributed by atoms with van der Waals surface area (Å²) in [5, 5.41) is 0. The SMILES string of the molecule is CC(C)=C(C)/C=C(\C)N. The number of hydrogen-bond acceptors (Lipinski definition) is 1. The Labute approximate surface area is 57.3 Å². The molecule has 0 saturated carbocycles. The van der Waals surface area contributed by atoms with E-state index >= 15 is 0 Å². The lowest BCUT2D eigenvalue weighted by Crippen LogP contribution is -1.90. The van der Waals surface area contributed by atoms with Gasteiger partial charge in [0.05, 0.1) is 0 Å². The van der Waals surface area contributed by atoms with Gasteiger partial charge in [0.2, 0.25) is 0 Å². The third kappa shape index (κ3) is 3.83. The molecular formula is C8H15N. The van der Waals surface area contributed by atoms with E-state index in [9.17, 15) is 0 Å². The van der Waals surface area contributed by atoms with Gasteiger partial charge in [-0.2, -0.15) is 0 Å². The number of rotatable bonds is 1. The summed E-state index contributed by atoms with van der Waals surface area (Å²) in [7, 11) is 0. The molecule has 0 aliphatic rings. The van der Waals surface area contributed by atoms with E-state index in [0.29, 0.717) is 0 Å². The molecule has 0 amide bonds. The zero-order valence-electron chi connectivity index (χ0n) is 6.65. The Morgan fingerprint density at radius 1 is 1.11 bits per heavy atom. The second-order valence-corrected chi connectivity index (χ2v) is 2.57.